The van der Waals surface area contributed by atoms with E-state index in [1.807, 2.05) is 97.9 Å². The Morgan fingerprint density at radius 3 is 1.39 bits per heavy atom. The molecule has 0 fully saturated rings. The number of benzene rings is 3. The van der Waals surface area contributed by atoms with Gasteiger partial charge in [-0.25, -0.2) is 4.79 Å². The molecular formula is C27H28O4. The zero-order valence-corrected chi connectivity index (χ0v) is 18.0. The number of carboxylic acid groups (broad SMARTS) is 1. The summed E-state index contributed by atoms with van der Waals surface area (Å²) >= 11 is 0. The molecule has 4 nitrogen and oxygen atoms in total. The summed E-state index contributed by atoms with van der Waals surface area (Å²) in [6.45, 7) is 7.25. The second-order valence-corrected chi connectivity index (χ2v) is 7.09. The van der Waals surface area contributed by atoms with Gasteiger partial charge in [0.2, 0.25) is 0 Å². The van der Waals surface area contributed by atoms with Crippen LogP contribution in [0.2, 0.25) is 0 Å². The number of hydrogen-bond donors (Lipinski definition) is 1. The van der Waals surface area contributed by atoms with E-state index in [4.69, 9.17) is 9.84 Å². The van der Waals surface area contributed by atoms with Crippen LogP contribution in [0, 0.1) is 0 Å². The van der Waals surface area contributed by atoms with E-state index in [1.165, 1.54) is 0 Å². The van der Waals surface area contributed by atoms with Gasteiger partial charge in [0.1, 0.15) is 0 Å². The van der Waals surface area contributed by atoms with Crippen LogP contribution in [-0.4, -0.2) is 17.0 Å². The zero-order valence-electron chi connectivity index (χ0n) is 18.0. The van der Waals surface area contributed by atoms with E-state index in [2.05, 4.69) is 6.58 Å². The summed E-state index contributed by atoms with van der Waals surface area (Å²) in [5.41, 5.74) is 2.01. The van der Waals surface area contributed by atoms with Crippen molar-refractivity contribution in [1.82, 2.24) is 0 Å². The summed E-state index contributed by atoms with van der Waals surface area (Å²) in [5, 5.41) is 7.91. The van der Waals surface area contributed by atoms with Crippen molar-refractivity contribution in [3.05, 3.63) is 120 Å². The molecular weight excluding hydrogens is 388 g/mol. The van der Waals surface area contributed by atoms with E-state index in [-0.39, 0.29) is 0 Å². The fraction of sp³-hybridized carbons (Fsp3) is 0.185. The second-order valence-electron chi connectivity index (χ2n) is 7.09. The molecule has 0 amide bonds. The highest BCUT2D eigenvalue weighted by Crippen LogP contribution is 2.40. The topological polar surface area (TPSA) is 63.6 Å². The summed E-state index contributed by atoms with van der Waals surface area (Å²) in [4.78, 5) is 22.2. The lowest BCUT2D eigenvalue weighted by atomic mass is 9.80. The Kier molecular flexibility index (Phi) is 8.77. The molecule has 0 spiro atoms. The van der Waals surface area contributed by atoms with Crippen LogP contribution in [0.15, 0.2) is 103 Å². The fourth-order valence-electron chi connectivity index (χ4n) is 3.14. The molecule has 160 valence electrons. The zero-order chi connectivity index (χ0) is 22.7. The van der Waals surface area contributed by atoms with Crippen molar-refractivity contribution in [2.24, 2.45) is 0 Å². The largest absolute Gasteiger partial charge is 0.481 e. The number of carboxylic acids is 1. The SMILES string of the molecule is C=C(C)C(=O)OC(c1ccccc1)(c1ccccc1)c1ccccc1.CCCC(=O)O. The van der Waals surface area contributed by atoms with E-state index < -0.39 is 17.5 Å². The Balaban J connectivity index is 0.000000501. The van der Waals surface area contributed by atoms with E-state index in [9.17, 15) is 9.59 Å². The number of carbonyl (C=O) groups is 2. The average molecular weight is 417 g/mol. The third-order valence-electron chi connectivity index (χ3n) is 4.60. The van der Waals surface area contributed by atoms with Gasteiger partial charge in [-0.15, -0.1) is 0 Å². The highest BCUT2D eigenvalue weighted by molar-refractivity contribution is 5.88. The summed E-state index contributed by atoms with van der Waals surface area (Å²) < 4.78 is 6.12. The first kappa shape index (κ1) is 23.6. The lowest BCUT2D eigenvalue weighted by molar-refractivity contribution is -0.148. The molecule has 0 aliphatic rings. The van der Waals surface area contributed by atoms with Gasteiger partial charge in [-0.3, -0.25) is 4.79 Å². The van der Waals surface area contributed by atoms with Crippen LogP contribution in [0.4, 0.5) is 0 Å². The molecule has 0 radical (unpaired) electrons. The van der Waals surface area contributed by atoms with Crippen molar-refractivity contribution >= 4 is 11.9 Å². The van der Waals surface area contributed by atoms with Crippen LogP contribution in [0.1, 0.15) is 43.4 Å². The molecule has 0 saturated carbocycles. The van der Waals surface area contributed by atoms with Crippen molar-refractivity contribution in [2.75, 3.05) is 0 Å². The molecule has 0 bridgehead atoms. The Hall–Kier alpha value is -3.66. The minimum atomic E-state index is -1.03. The summed E-state index contributed by atoms with van der Waals surface area (Å²) in [5.74, 6) is -1.13. The maximum absolute atomic E-state index is 12.6. The number of rotatable bonds is 7. The Labute approximate surface area is 183 Å². The smallest absolute Gasteiger partial charge is 0.334 e. The van der Waals surface area contributed by atoms with Gasteiger partial charge in [0.15, 0.2) is 5.60 Å². The number of ether oxygens (including phenoxy) is 1. The van der Waals surface area contributed by atoms with Crippen molar-refractivity contribution in [3.8, 4) is 0 Å². The van der Waals surface area contributed by atoms with Crippen LogP contribution in [0.5, 0.6) is 0 Å². The molecule has 4 heteroatoms. The first-order valence-corrected chi connectivity index (χ1v) is 10.2. The Bertz CT molecular complexity index is 883. The van der Waals surface area contributed by atoms with Crippen molar-refractivity contribution < 1.29 is 19.4 Å². The van der Waals surface area contributed by atoms with Crippen LogP contribution in [-0.2, 0) is 19.9 Å². The lowest BCUT2D eigenvalue weighted by Gasteiger charge is -2.35. The summed E-state index contributed by atoms with van der Waals surface area (Å²) in [7, 11) is 0. The van der Waals surface area contributed by atoms with E-state index in [0.29, 0.717) is 12.0 Å². The molecule has 0 atom stereocenters. The maximum Gasteiger partial charge on any atom is 0.334 e. The molecule has 0 aliphatic heterocycles. The third-order valence-corrected chi connectivity index (χ3v) is 4.60. The molecule has 0 aliphatic carbocycles. The number of carbonyl (C=O) groups excluding carboxylic acids is 1. The Morgan fingerprint density at radius 1 is 0.806 bits per heavy atom. The van der Waals surface area contributed by atoms with Crippen LogP contribution in [0.25, 0.3) is 0 Å². The molecule has 1 N–H and O–H groups in total. The van der Waals surface area contributed by atoms with Crippen molar-refractivity contribution in [3.63, 3.8) is 0 Å². The van der Waals surface area contributed by atoms with Crippen LogP contribution < -0.4 is 0 Å². The van der Waals surface area contributed by atoms with Gasteiger partial charge in [0, 0.05) is 28.7 Å². The highest BCUT2D eigenvalue weighted by Gasteiger charge is 2.40. The molecule has 3 rings (SSSR count). The van der Waals surface area contributed by atoms with Gasteiger partial charge < -0.3 is 9.84 Å². The third kappa shape index (κ3) is 6.16. The normalized spacial score (nSPS) is 10.4. The standard InChI is InChI=1S/C23H20O2.C4H8O2/c1-18(2)22(24)25-23(19-12-6-3-7-13-19,20-14-8-4-9-15-20)21-16-10-5-11-17-21;1-2-3-4(5)6/h3-17H,1H2,2H3;2-3H2,1H3,(H,5,6). The van der Waals surface area contributed by atoms with Gasteiger partial charge in [0.05, 0.1) is 0 Å². The number of esters is 1. The highest BCUT2D eigenvalue weighted by atomic mass is 16.6. The van der Waals surface area contributed by atoms with Crippen LogP contribution >= 0.6 is 0 Å². The van der Waals surface area contributed by atoms with E-state index in [1.54, 1.807) is 6.92 Å². The van der Waals surface area contributed by atoms with Gasteiger partial charge in [-0.05, 0) is 13.3 Å². The monoisotopic (exact) mass is 416 g/mol. The molecule has 0 heterocycles. The van der Waals surface area contributed by atoms with Crippen molar-refractivity contribution in [1.29, 1.82) is 0 Å². The van der Waals surface area contributed by atoms with Gasteiger partial charge >= 0.3 is 11.9 Å². The minimum absolute atomic E-state index is 0.292. The number of aliphatic carboxylic acids is 1. The first-order valence-electron chi connectivity index (χ1n) is 10.2. The summed E-state index contributed by atoms with van der Waals surface area (Å²) in [6.07, 6.45) is 1.02. The lowest BCUT2D eigenvalue weighted by Crippen LogP contribution is -2.35. The molecule has 0 saturated heterocycles. The van der Waals surface area contributed by atoms with E-state index >= 15 is 0 Å². The average Bonchev–Trinajstić information content (AvgIpc) is 2.79. The quantitative estimate of drug-likeness (QED) is 0.293. The second kappa shape index (κ2) is 11.5. The van der Waals surface area contributed by atoms with E-state index in [0.717, 1.165) is 23.1 Å². The minimum Gasteiger partial charge on any atom is -0.481 e. The summed E-state index contributed by atoms with van der Waals surface area (Å²) in [6, 6.07) is 29.4. The predicted molar refractivity (Wildman–Crippen MR) is 123 cm³/mol. The maximum atomic E-state index is 12.6. The fourth-order valence-corrected chi connectivity index (χ4v) is 3.14. The molecule has 3 aromatic rings. The van der Waals surface area contributed by atoms with Gasteiger partial charge in [-0.2, -0.15) is 0 Å². The predicted octanol–water partition coefficient (Wildman–Crippen LogP) is 5.97. The van der Waals surface area contributed by atoms with Gasteiger partial charge in [0.25, 0.3) is 0 Å². The van der Waals surface area contributed by atoms with Crippen molar-refractivity contribution in [2.45, 2.75) is 32.3 Å². The van der Waals surface area contributed by atoms with Gasteiger partial charge in [-0.1, -0.05) is 104 Å². The first-order chi connectivity index (χ1) is 14.9. The molecule has 0 unspecified atom stereocenters. The number of hydrogen-bond acceptors (Lipinski definition) is 3. The Morgan fingerprint density at radius 2 is 1.16 bits per heavy atom. The molecule has 31 heavy (non-hydrogen) atoms. The molecule has 3 aromatic carbocycles. The van der Waals surface area contributed by atoms with Crippen LogP contribution in [0.3, 0.4) is 0 Å². The molecule has 0 aromatic heterocycles.